The van der Waals surface area contributed by atoms with E-state index >= 15 is 0 Å². The summed E-state index contributed by atoms with van der Waals surface area (Å²) in [4.78, 5) is 12.4. The van der Waals surface area contributed by atoms with Gasteiger partial charge in [-0.1, -0.05) is 53.7 Å². The van der Waals surface area contributed by atoms with Gasteiger partial charge >= 0.3 is 0 Å². The van der Waals surface area contributed by atoms with Gasteiger partial charge in [-0.25, -0.2) is 8.42 Å². The number of aromatic nitrogens is 3. The molecule has 3 rings (SSSR count). The number of anilines is 2. The molecule has 0 unspecified atom stereocenters. The van der Waals surface area contributed by atoms with Crippen LogP contribution in [0.15, 0.2) is 53.7 Å². The van der Waals surface area contributed by atoms with Crippen molar-refractivity contribution in [3.8, 4) is 0 Å². The van der Waals surface area contributed by atoms with Crippen LogP contribution < -0.4 is 9.62 Å². The third-order valence-electron chi connectivity index (χ3n) is 4.47. The van der Waals surface area contributed by atoms with Crippen LogP contribution in [0.2, 0.25) is 5.02 Å². The summed E-state index contributed by atoms with van der Waals surface area (Å²) >= 11 is 7.36. The van der Waals surface area contributed by atoms with Crippen molar-refractivity contribution in [2.45, 2.75) is 18.6 Å². The molecule has 0 fully saturated rings. The number of amides is 1. The highest BCUT2D eigenvalue weighted by Crippen LogP contribution is 2.26. The minimum absolute atomic E-state index is 0.0257. The molecule has 31 heavy (non-hydrogen) atoms. The monoisotopic (exact) mass is 479 g/mol. The minimum Gasteiger partial charge on any atom is -0.324 e. The van der Waals surface area contributed by atoms with Gasteiger partial charge in [-0.05, 0) is 30.7 Å². The van der Waals surface area contributed by atoms with Crippen LogP contribution in [0.3, 0.4) is 0 Å². The molecule has 0 spiro atoms. The Morgan fingerprint density at radius 2 is 1.87 bits per heavy atom. The lowest BCUT2D eigenvalue weighted by molar-refractivity contribution is -0.113. The van der Waals surface area contributed by atoms with Gasteiger partial charge in [-0.2, -0.15) is 0 Å². The molecule has 11 heteroatoms. The zero-order valence-corrected chi connectivity index (χ0v) is 19.6. The Hall–Kier alpha value is -2.56. The highest BCUT2D eigenvalue weighted by molar-refractivity contribution is 7.99. The van der Waals surface area contributed by atoms with E-state index in [1.165, 1.54) is 16.1 Å². The SMILES string of the molecule is Cc1cccc(Cl)c1NC(=O)CSc1nnc(CN(c2ccccc2)S(C)(=O)=O)n1C. The second kappa shape index (κ2) is 9.71. The van der Waals surface area contributed by atoms with Gasteiger partial charge in [0.25, 0.3) is 0 Å². The normalized spacial score (nSPS) is 11.4. The summed E-state index contributed by atoms with van der Waals surface area (Å²) in [6.07, 6.45) is 1.15. The van der Waals surface area contributed by atoms with E-state index in [2.05, 4.69) is 15.5 Å². The molecule has 0 bridgehead atoms. The number of carbonyl (C=O) groups is 1. The van der Waals surface area contributed by atoms with Crippen molar-refractivity contribution >= 4 is 50.7 Å². The molecule has 1 heterocycles. The summed E-state index contributed by atoms with van der Waals surface area (Å²) < 4.78 is 27.5. The zero-order chi connectivity index (χ0) is 22.6. The van der Waals surface area contributed by atoms with Gasteiger partial charge in [0, 0.05) is 7.05 Å². The molecule has 1 aromatic heterocycles. The number of carbonyl (C=O) groups excluding carboxylic acids is 1. The molecule has 1 amide bonds. The molecule has 0 aliphatic heterocycles. The quantitative estimate of drug-likeness (QED) is 0.497. The first-order chi connectivity index (χ1) is 14.7. The van der Waals surface area contributed by atoms with Crippen molar-refractivity contribution in [1.29, 1.82) is 0 Å². The number of thioether (sulfide) groups is 1. The highest BCUT2D eigenvalue weighted by atomic mass is 35.5. The van der Waals surface area contributed by atoms with Crippen molar-refractivity contribution in [1.82, 2.24) is 14.8 Å². The van der Waals surface area contributed by atoms with Gasteiger partial charge in [-0.3, -0.25) is 9.10 Å². The Morgan fingerprint density at radius 1 is 1.16 bits per heavy atom. The predicted octanol–water partition coefficient (Wildman–Crippen LogP) is 3.47. The Kier molecular flexibility index (Phi) is 7.24. The number of hydrogen-bond acceptors (Lipinski definition) is 6. The summed E-state index contributed by atoms with van der Waals surface area (Å²) in [5.74, 6) is 0.331. The van der Waals surface area contributed by atoms with E-state index in [9.17, 15) is 13.2 Å². The van der Waals surface area contributed by atoms with E-state index in [0.717, 1.165) is 11.8 Å². The predicted molar refractivity (Wildman–Crippen MR) is 124 cm³/mol. The van der Waals surface area contributed by atoms with E-state index in [1.54, 1.807) is 41.9 Å². The average molecular weight is 480 g/mol. The maximum absolute atomic E-state index is 12.4. The molecular formula is C20H22ClN5O3S2. The number of hydrogen-bond donors (Lipinski definition) is 1. The number of para-hydroxylation sites is 2. The lowest BCUT2D eigenvalue weighted by atomic mass is 10.2. The molecule has 0 radical (unpaired) electrons. The van der Waals surface area contributed by atoms with E-state index < -0.39 is 10.0 Å². The van der Waals surface area contributed by atoms with Gasteiger partial charge in [0.15, 0.2) is 11.0 Å². The molecule has 0 aliphatic rings. The van der Waals surface area contributed by atoms with Crippen molar-refractivity contribution in [2.24, 2.45) is 7.05 Å². The van der Waals surface area contributed by atoms with Gasteiger partial charge in [0.2, 0.25) is 15.9 Å². The number of halogens is 1. The largest absolute Gasteiger partial charge is 0.324 e. The van der Waals surface area contributed by atoms with E-state index in [-0.39, 0.29) is 18.2 Å². The molecular weight excluding hydrogens is 458 g/mol. The number of rotatable bonds is 8. The van der Waals surface area contributed by atoms with Crippen LogP contribution in [0.5, 0.6) is 0 Å². The van der Waals surface area contributed by atoms with Crippen LogP contribution in [-0.4, -0.2) is 41.1 Å². The maximum Gasteiger partial charge on any atom is 0.234 e. The highest BCUT2D eigenvalue weighted by Gasteiger charge is 2.21. The lowest BCUT2D eigenvalue weighted by Crippen LogP contribution is -2.30. The van der Waals surface area contributed by atoms with Gasteiger partial charge in [0.1, 0.15) is 0 Å². The van der Waals surface area contributed by atoms with Crippen LogP contribution in [0.4, 0.5) is 11.4 Å². The van der Waals surface area contributed by atoms with Gasteiger partial charge < -0.3 is 9.88 Å². The second-order valence-corrected chi connectivity index (χ2v) is 10.1. The first-order valence-corrected chi connectivity index (χ1v) is 12.5. The van der Waals surface area contributed by atoms with Gasteiger partial charge in [-0.15, -0.1) is 10.2 Å². The Balaban J connectivity index is 1.69. The van der Waals surface area contributed by atoms with Crippen LogP contribution in [0.25, 0.3) is 0 Å². The van der Waals surface area contributed by atoms with Gasteiger partial charge in [0.05, 0.1) is 35.0 Å². The smallest absolute Gasteiger partial charge is 0.234 e. The van der Waals surface area contributed by atoms with E-state index in [0.29, 0.717) is 27.4 Å². The van der Waals surface area contributed by atoms with Crippen LogP contribution in [0, 0.1) is 6.92 Å². The Labute approximate surface area is 190 Å². The fraction of sp³-hybridized carbons (Fsp3) is 0.250. The second-order valence-electron chi connectivity index (χ2n) is 6.83. The molecule has 0 atom stereocenters. The van der Waals surface area contributed by atoms with Crippen molar-refractivity contribution < 1.29 is 13.2 Å². The molecule has 0 saturated heterocycles. The third kappa shape index (κ3) is 5.78. The number of nitrogens with one attached hydrogen (secondary N) is 1. The lowest BCUT2D eigenvalue weighted by Gasteiger charge is -2.21. The topological polar surface area (TPSA) is 97.2 Å². The van der Waals surface area contributed by atoms with Crippen LogP contribution >= 0.6 is 23.4 Å². The molecule has 164 valence electrons. The first-order valence-electron chi connectivity index (χ1n) is 9.25. The molecule has 0 aliphatic carbocycles. The third-order valence-corrected chi connectivity index (χ3v) is 6.95. The number of sulfonamides is 1. The van der Waals surface area contributed by atoms with E-state index in [1.807, 2.05) is 25.1 Å². The van der Waals surface area contributed by atoms with Crippen LogP contribution in [-0.2, 0) is 28.4 Å². The first kappa shape index (κ1) is 23.1. The molecule has 0 saturated carbocycles. The average Bonchev–Trinajstić information content (AvgIpc) is 3.06. The Bertz CT molecular complexity index is 1160. The summed E-state index contributed by atoms with van der Waals surface area (Å²) in [5.41, 5.74) is 1.99. The summed E-state index contributed by atoms with van der Waals surface area (Å²) in [6.45, 7) is 1.89. The number of benzene rings is 2. The van der Waals surface area contributed by atoms with Crippen molar-refractivity contribution in [2.75, 3.05) is 21.6 Å². The summed E-state index contributed by atoms with van der Waals surface area (Å²) in [7, 11) is -1.79. The minimum atomic E-state index is -3.52. The van der Waals surface area contributed by atoms with E-state index in [4.69, 9.17) is 11.6 Å². The molecule has 2 aromatic carbocycles. The fourth-order valence-electron chi connectivity index (χ4n) is 2.83. The molecule has 1 N–H and O–H groups in total. The number of nitrogens with zero attached hydrogens (tertiary/aromatic N) is 4. The zero-order valence-electron chi connectivity index (χ0n) is 17.2. The fourth-order valence-corrected chi connectivity index (χ4v) is 4.68. The maximum atomic E-state index is 12.4. The van der Waals surface area contributed by atoms with Crippen LogP contribution in [0.1, 0.15) is 11.4 Å². The summed E-state index contributed by atoms with van der Waals surface area (Å²) in [5, 5.41) is 12.0. The number of aryl methyl sites for hydroxylation is 1. The Morgan fingerprint density at radius 3 is 2.52 bits per heavy atom. The van der Waals surface area contributed by atoms with Crippen molar-refractivity contribution in [3.63, 3.8) is 0 Å². The molecule has 3 aromatic rings. The standard InChI is InChI=1S/C20H22ClN5O3S2/c1-14-8-7-11-16(21)19(14)22-18(27)13-30-20-24-23-17(25(20)2)12-26(31(3,28)29)15-9-5-4-6-10-15/h4-11H,12-13H2,1-3H3,(H,22,27). The van der Waals surface area contributed by atoms with Crippen molar-refractivity contribution in [3.05, 3.63) is 64.9 Å². The molecule has 8 nitrogen and oxygen atoms in total. The summed E-state index contributed by atoms with van der Waals surface area (Å²) in [6, 6.07) is 14.2.